The number of ether oxygens (including phenoxy) is 1. The van der Waals surface area contributed by atoms with Crippen LogP contribution in [-0.4, -0.2) is 12.1 Å². The lowest BCUT2D eigenvalue weighted by Crippen LogP contribution is -2.42. The molecule has 0 saturated heterocycles. The standard InChI is InChI=1S/C22H27BrO2/c1-15-11-13-21(3,22(4)12-5-6-16(22)2)14-19(15)25-20(24)17-7-9-18(23)10-8-17/h7-11,19H,2,5-6,12-14H2,1,3-4H3/t19-,21-,22-/m0/s1. The Kier molecular flexibility index (Phi) is 4.98. The lowest BCUT2D eigenvalue weighted by atomic mass is 9.57. The van der Waals surface area contributed by atoms with Gasteiger partial charge in [-0.2, -0.15) is 0 Å². The largest absolute Gasteiger partial charge is 0.454 e. The highest BCUT2D eigenvalue weighted by Gasteiger charge is 2.50. The summed E-state index contributed by atoms with van der Waals surface area (Å²) >= 11 is 3.40. The molecule has 2 aliphatic rings. The molecule has 1 aromatic rings. The van der Waals surface area contributed by atoms with Gasteiger partial charge in [0.15, 0.2) is 0 Å². The van der Waals surface area contributed by atoms with E-state index < -0.39 is 0 Å². The van der Waals surface area contributed by atoms with Gasteiger partial charge in [0, 0.05) is 4.47 Å². The van der Waals surface area contributed by atoms with Gasteiger partial charge in [-0.05, 0) is 79.7 Å². The normalized spacial score (nSPS) is 32.4. The second-order valence-corrected chi connectivity index (χ2v) is 9.02. The molecular weight excluding hydrogens is 376 g/mol. The summed E-state index contributed by atoms with van der Waals surface area (Å²) in [5.74, 6) is -0.245. The number of hydrogen-bond acceptors (Lipinski definition) is 2. The summed E-state index contributed by atoms with van der Waals surface area (Å²) in [6, 6.07) is 7.34. The molecule has 1 fully saturated rings. The Bertz CT molecular complexity index is 718. The molecule has 3 atom stereocenters. The highest BCUT2D eigenvalue weighted by Crippen LogP contribution is 2.59. The summed E-state index contributed by atoms with van der Waals surface area (Å²) in [6.07, 6.45) is 7.53. The van der Waals surface area contributed by atoms with Gasteiger partial charge in [0.1, 0.15) is 6.10 Å². The molecule has 3 heteroatoms. The number of rotatable bonds is 3. The Labute approximate surface area is 159 Å². The van der Waals surface area contributed by atoms with E-state index in [-0.39, 0.29) is 22.9 Å². The third-order valence-corrected chi connectivity index (χ3v) is 7.14. The quantitative estimate of drug-likeness (QED) is 0.427. The zero-order valence-electron chi connectivity index (χ0n) is 15.4. The number of esters is 1. The van der Waals surface area contributed by atoms with E-state index in [1.165, 1.54) is 18.4 Å². The lowest BCUT2D eigenvalue weighted by molar-refractivity contribution is 0.00333. The van der Waals surface area contributed by atoms with Crippen molar-refractivity contribution in [2.45, 2.75) is 59.0 Å². The third-order valence-electron chi connectivity index (χ3n) is 6.62. The molecule has 0 amide bonds. The van der Waals surface area contributed by atoms with E-state index in [1.54, 1.807) is 12.1 Å². The van der Waals surface area contributed by atoms with Crippen LogP contribution in [0.1, 0.15) is 63.2 Å². The van der Waals surface area contributed by atoms with E-state index in [1.807, 2.05) is 12.1 Å². The van der Waals surface area contributed by atoms with Crippen molar-refractivity contribution in [1.82, 2.24) is 0 Å². The molecule has 1 aromatic carbocycles. The number of carbonyl (C=O) groups is 1. The first kappa shape index (κ1) is 18.4. The number of carbonyl (C=O) groups excluding carboxylic acids is 1. The maximum atomic E-state index is 12.6. The van der Waals surface area contributed by atoms with Crippen LogP contribution >= 0.6 is 15.9 Å². The Morgan fingerprint density at radius 1 is 1.28 bits per heavy atom. The molecule has 0 spiro atoms. The first-order valence-electron chi connectivity index (χ1n) is 9.07. The summed E-state index contributed by atoms with van der Waals surface area (Å²) in [7, 11) is 0. The number of hydrogen-bond donors (Lipinski definition) is 0. The minimum absolute atomic E-state index is 0.0881. The van der Waals surface area contributed by atoms with Crippen molar-refractivity contribution in [3.63, 3.8) is 0 Å². The van der Waals surface area contributed by atoms with Crippen molar-refractivity contribution in [2.24, 2.45) is 10.8 Å². The summed E-state index contributed by atoms with van der Waals surface area (Å²) in [4.78, 5) is 12.6. The highest BCUT2D eigenvalue weighted by atomic mass is 79.9. The number of halogens is 1. The molecule has 0 heterocycles. The summed E-state index contributed by atoms with van der Waals surface area (Å²) in [6.45, 7) is 11.1. The Morgan fingerprint density at radius 3 is 2.56 bits per heavy atom. The van der Waals surface area contributed by atoms with Gasteiger partial charge in [-0.3, -0.25) is 0 Å². The maximum Gasteiger partial charge on any atom is 0.338 e. The molecule has 134 valence electrons. The van der Waals surface area contributed by atoms with Gasteiger partial charge in [-0.1, -0.05) is 48.0 Å². The van der Waals surface area contributed by atoms with Gasteiger partial charge in [0.05, 0.1) is 5.56 Å². The highest BCUT2D eigenvalue weighted by molar-refractivity contribution is 9.10. The number of allylic oxidation sites excluding steroid dienone is 2. The van der Waals surface area contributed by atoms with Crippen LogP contribution < -0.4 is 0 Å². The second kappa shape index (κ2) is 6.75. The minimum atomic E-state index is -0.245. The van der Waals surface area contributed by atoms with E-state index in [0.29, 0.717) is 5.56 Å². The van der Waals surface area contributed by atoms with Crippen LogP contribution in [0.3, 0.4) is 0 Å². The molecule has 1 saturated carbocycles. The Balaban J connectivity index is 1.79. The second-order valence-electron chi connectivity index (χ2n) is 8.11. The van der Waals surface area contributed by atoms with E-state index in [4.69, 9.17) is 4.74 Å². The molecule has 0 N–H and O–H groups in total. The average molecular weight is 403 g/mol. The summed E-state index contributed by atoms with van der Waals surface area (Å²) in [5, 5.41) is 0. The van der Waals surface area contributed by atoms with Crippen LogP contribution in [0.25, 0.3) is 0 Å². The fraction of sp³-hybridized carbons (Fsp3) is 0.500. The van der Waals surface area contributed by atoms with E-state index in [9.17, 15) is 4.79 Å². The third kappa shape index (κ3) is 3.36. The molecule has 0 aromatic heterocycles. The summed E-state index contributed by atoms with van der Waals surface area (Å²) < 4.78 is 6.87. The van der Waals surface area contributed by atoms with Crippen LogP contribution in [0.5, 0.6) is 0 Å². The zero-order valence-corrected chi connectivity index (χ0v) is 17.0. The van der Waals surface area contributed by atoms with Gasteiger partial charge in [0.25, 0.3) is 0 Å². The van der Waals surface area contributed by atoms with Gasteiger partial charge in [0.2, 0.25) is 0 Å². The molecule has 2 nitrogen and oxygen atoms in total. The summed E-state index contributed by atoms with van der Waals surface area (Å²) in [5.41, 5.74) is 3.34. The molecule has 25 heavy (non-hydrogen) atoms. The van der Waals surface area contributed by atoms with Crippen LogP contribution in [0.2, 0.25) is 0 Å². The smallest absolute Gasteiger partial charge is 0.338 e. The van der Waals surface area contributed by atoms with Crippen molar-refractivity contribution in [1.29, 1.82) is 0 Å². The van der Waals surface area contributed by atoms with Crippen LogP contribution in [0, 0.1) is 10.8 Å². The molecular formula is C22H27BrO2. The van der Waals surface area contributed by atoms with E-state index >= 15 is 0 Å². The SMILES string of the molecule is C=C1CCC[C@]1(C)[C@@]1(C)CC=C(C)[C@@H](OC(=O)c2ccc(Br)cc2)C1. The molecule has 0 aliphatic heterocycles. The van der Waals surface area contributed by atoms with Crippen molar-refractivity contribution < 1.29 is 9.53 Å². The Morgan fingerprint density at radius 2 is 1.96 bits per heavy atom. The maximum absolute atomic E-state index is 12.6. The molecule has 3 rings (SSSR count). The topological polar surface area (TPSA) is 26.3 Å². The van der Waals surface area contributed by atoms with Crippen molar-refractivity contribution in [2.75, 3.05) is 0 Å². The van der Waals surface area contributed by atoms with Crippen molar-refractivity contribution in [3.05, 3.63) is 58.1 Å². The van der Waals surface area contributed by atoms with E-state index in [0.717, 1.165) is 29.3 Å². The molecule has 0 radical (unpaired) electrons. The predicted octanol–water partition coefficient (Wildman–Crippen LogP) is 6.47. The zero-order chi connectivity index (χ0) is 18.2. The minimum Gasteiger partial charge on any atom is -0.454 e. The fourth-order valence-corrected chi connectivity index (χ4v) is 4.64. The molecule has 0 bridgehead atoms. The lowest BCUT2D eigenvalue weighted by Gasteiger charge is -2.49. The van der Waals surface area contributed by atoms with Gasteiger partial charge in [-0.15, -0.1) is 0 Å². The predicted molar refractivity (Wildman–Crippen MR) is 106 cm³/mol. The van der Waals surface area contributed by atoms with Gasteiger partial charge < -0.3 is 4.74 Å². The average Bonchev–Trinajstić information content (AvgIpc) is 2.92. The first-order chi connectivity index (χ1) is 11.7. The van der Waals surface area contributed by atoms with Crippen LogP contribution in [-0.2, 0) is 4.74 Å². The van der Waals surface area contributed by atoms with Gasteiger partial charge in [-0.25, -0.2) is 4.79 Å². The fourth-order valence-electron chi connectivity index (χ4n) is 4.38. The van der Waals surface area contributed by atoms with Crippen molar-refractivity contribution in [3.8, 4) is 0 Å². The molecule has 2 aliphatic carbocycles. The van der Waals surface area contributed by atoms with Crippen molar-refractivity contribution >= 4 is 21.9 Å². The van der Waals surface area contributed by atoms with Crippen LogP contribution in [0.15, 0.2) is 52.5 Å². The monoisotopic (exact) mass is 402 g/mol. The Hall–Kier alpha value is -1.35. The van der Waals surface area contributed by atoms with Crippen LogP contribution in [0.4, 0.5) is 0 Å². The first-order valence-corrected chi connectivity index (χ1v) is 9.86. The van der Waals surface area contributed by atoms with Gasteiger partial charge >= 0.3 is 5.97 Å². The van der Waals surface area contributed by atoms with E-state index in [2.05, 4.69) is 49.4 Å². The number of benzene rings is 1. The molecule has 0 unspecified atom stereocenters.